The molecular weight excluding hydrogens is 148 g/mol. The summed E-state index contributed by atoms with van der Waals surface area (Å²) in [6.45, 7) is 5.30. The van der Waals surface area contributed by atoms with Crippen molar-refractivity contribution in [2.24, 2.45) is 11.8 Å². The van der Waals surface area contributed by atoms with Gasteiger partial charge in [-0.1, -0.05) is 0 Å². The monoisotopic (exact) mass is 169 g/mol. The van der Waals surface area contributed by atoms with Crippen LogP contribution in [0.5, 0.6) is 0 Å². The molecule has 0 saturated carbocycles. The van der Waals surface area contributed by atoms with Crippen LogP contribution >= 0.6 is 0 Å². The molecule has 3 N–H and O–H groups in total. The molecule has 0 atom stereocenters. The fraction of sp³-hybridized carbons (Fsp3) is 1.00. The highest BCUT2D eigenvalue weighted by Crippen LogP contribution is 2.27. The number of hydrogen-bond donors (Lipinski definition) is 2. The highest BCUT2D eigenvalue weighted by molar-refractivity contribution is 4.76. The van der Waals surface area contributed by atoms with Crippen molar-refractivity contribution in [3.8, 4) is 0 Å². The van der Waals surface area contributed by atoms with Gasteiger partial charge in [0.05, 0.1) is 13.1 Å². The van der Waals surface area contributed by atoms with Crippen molar-refractivity contribution in [3.05, 3.63) is 0 Å². The van der Waals surface area contributed by atoms with E-state index in [0.29, 0.717) is 0 Å². The van der Waals surface area contributed by atoms with Crippen LogP contribution in [0.1, 0.15) is 25.7 Å². The number of nitrogens with two attached hydrogens (primary N) is 1. The van der Waals surface area contributed by atoms with Gasteiger partial charge in [0.15, 0.2) is 0 Å². The smallest absolute Gasteiger partial charge is 0.0758 e. The van der Waals surface area contributed by atoms with Crippen LogP contribution in [0.4, 0.5) is 0 Å². The van der Waals surface area contributed by atoms with Crippen molar-refractivity contribution >= 4 is 0 Å². The Hall–Kier alpha value is -0.0800. The molecule has 0 radical (unpaired) electrons. The maximum absolute atomic E-state index is 3.45. The van der Waals surface area contributed by atoms with Gasteiger partial charge in [0, 0.05) is 0 Å². The van der Waals surface area contributed by atoms with Crippen molar-refractivity contribution < 1.29 is 5.32 Å². The summed E-state index contributed by atoms with van der Waals surface area (Å²) in [6.07, 6.45) is 5.82. The van der Waals surface area contributed by atoms with E-state index >= 15 is 0 Å². The second-order valence-corrected chi connectivity index (χ2v) is 4.29. The summed E-state index contributed by atoms with van der Waals surface area (Å²) in [7, 11) is 0. The molecule has 2 heteroatoms. The molecule has 0 unspecified atom stereocenters. The lowest BCUT2D eigenvalue weighted by Gasteiger charge is -2.32. The Bertz CT molecular complexity index is 108. The molecule has 2 aliphatic heterocycles. The Balaban J connectivity index is 1.80. The third-order valence-corrected chi connectivity index (χ3v) is 3.53. The van der Waals surface area contributed by atoms with Gasteiger partial charge in [-0.3, -0.25) is 0 Å². The first-order chi connectivity index (χ1) is 5.97. The zero-order valence-corrected chi connectivity index (χ0v) is 7.89. The quantitative estimate of drug-likeness (QED) is 0.566. The van der Waals surface area contributed by atoms with E-state index in [4.69, 9.17) is 0 Å². The maximum Gasteiger partial charge on any atom is 0.0758 e. The summed E-state index contributed by atoms with van der Waals surface area (Å²) in [6, 6.07) is 0. The number of hydrogen-bond acceptors (Lipinski definition) is 1. The Kier molecular flexibility index (Phi) is 3.01. The van der Waals surface area contributed by atoms with E-state index in [9.17, 15) is 0 Å². The molecule has 2 rings (SSSR count). The van der Waals surface area contributed by atoms with Gasteiger partial charge in [-0.15, -0.1) is 0 Å². The average molecular weight is 169 g/mol. The minimum absolute atomic E-state index is 1.06. The first-order valence-corrected chi connectivity index (χ1v) is 5.49. The molecular formula is C10H21N2+. The number of nitrogens with one attached hydrogen (secondary N) is 1. The standard InChI is InChI=1S/C10H20N2/c1-5-11-6-2-9(1)10-3-7-12-8-4-10/h9-12H,1-8H2/p+1. The van der Waals surface area contributed by atoms with Crippen molar-refractivity contribution in [3.63, 3.8) is 0 Å². The third kappa shape index (κ3) is 1.99. The van der Waals surface area contributed by atoms with Gasteiger partial charge in [-0.2, -0.15) is 0 Å². The second kappa shape index (κ2) is 4.24. The SMILES string of the molecule is C1CC(C2CC[NH2+]CC2)CCN1. The minimum Gasteiger partial charge on any atom is -0.346 e. The van der Waals surface area contributed by atoms with Gasteiger partial charge in [0.1, 0.15) is 0 Å². The lowest BCUT2D eigenvalue weighted by molar-refractivity contribution is -0.665. The fourth-order valence-electron chi connectivity index (χ4n) is 2.74. The van der Waals surface area contributed by atoms with Crippen molar-refractivity contribution in [2.75, 3.05) is 26.2 Å². The zero-order valence-electron chi connectivity index (χ0n) is 7.89. The van der Waals surface area contributed by atoms with Gasteiger partial charge in [0.2, 0.25) is 0 Å². The lowest BCUT2D eigenvalue weighted by atomic mass is 9.80. The summed E-state index contributed by atoms with van der Waals surface area (Å²) in [5.74, 6) is 2.12. The summed E-state index contributed by atoms with van der Waals surface area (Å²) < 4.78 is 0. The fourth-order valence-corrected chi connectivity index (χ4v) is 2.74. The van der Waals surface area contributed by atoms with Crippen molar-refractivity contribution in [1.82, 2.24) is 5.32 Å². The molecule has 2 nitrogen and oxygen atoms in total. The third-order valence-electron chi connectivity index (χ3n) is 3.53. The van der Waals surface area contributed by atoms with Crippen LogP contribution in [0.2, 0.25) is 0 Å². The highest BCUT2D eigenvalue weighted by atomic mass is 14.9. The molecule has 0 spiro atoms. The maximum atomic E-state index is 3.45. The van der Waals surface area contributed by atoms with Crippen LogP contribution in [0.3, 0.4) is 0 Å². The molecule has 0 aromatic heterocycles. The van der Waals surface area contributed by atoms with E-state index < -0.39 is 0 Å². The van der Waals surface area contributed by atoms with Crippen LogP contribution in [-0.4, -0.2) is 26.2 Å². The molecule has 0 amide bonds. The Morgan fingerprint density at radius 1 is 0.833 bits per heavy atom. The van der Waals surface area contributed by atoms with E-state index in [1.54, 1.807) is 0 Å². The van der Waals surface area contributed by atoms with E-state index in [2.05, 4.69) is 10.6 Å². The van der Waals surface area contributed by atoms with Crippen LogP contribution < -0.4 is 10.6 Å². The van der Waals surface area contributed by atoms with Crippen molar-refractivity contribution in [1.29, 1.82) is 0 Å². The van der Waals surface area contributed by atoms with Gasteiger partial charge in [-0.25, -0.2) is 0 Å². The number of rotatable bonds is 1. The van der Waals surface area contributed by atoms with E-state index in [0.717, 1.165) is 11.8 Å². The Morgan fingerprint density at radius 2 is 1.42 bits per heavy atom. The van der Waals surface area contributed by atoms with Crippen LogP contribution in [0.15, 0.2) is 0 Å². The van der Waals surface area contributed by atoms with Crippen LogP contribution in [-0.2, 0) is 0 Å². The summed E-state index contributed by atoms with van der Waals surface area (Å²) in [5, 5.41) is 5.92. The highest BCUT2D eigenvalue weighted by Gasteiger charge is 2.25. The largest absolute Gasteiger partial charge is 0.346 e. The second-order valence-electron chi connectivity index (χ2n) is 4.29. The van der Waals surface area contributed by atoms with Crippen LogP contribution in [0.25, 0.3) is 0 Å². The molecule has 2 fully saturated rings. The molecule has 0 aliphatic carbocycles. The molecule has 0 aromatic rings. The average Bonchev–Trinajstić information content (AvgIpc) is 2.21. The normalized spacial score (nSPS) is 29.0. The van der Waals surface area contributed by atoms with Gasteiger partial charge in [-0.05, 0) is 50.6 Å². The lowest BCUT2D eigenvalue weighted by Crippen LogP contribution is -2.86. The summed E-state index contributed by atoms with van der Waals surface area (Å²) in [5.41, 5.74) is 0. The topological polar surface area (TPSA) is 28.6 Å². The van der Waals surface area contributed by atoms with Gasteiger partial charge < -0.3 is 10.6 Å². The molecule has 2 aliphatic rings. The van der Waals surface area contributed by atoms with Crippen LogP contribution in [0, 0.1) is 11.8 Å². The van der Waals surface area contributed by atoms with E-state index in [1.165, 1.54) is 51.9 Å². The van der Waals surface area contributed by atoms with Crippen molar-refractivity contribution in [2.45, 2.75) is 25.7 Å². The van der Waals surface area contributed by atoms with E-state index in [1.807, 2.05) is 0 Å². The molecule has 2 saturated heterocycles. The summed E-state index contributed by atoms with van der Waals surface area (Å²) in [4.78, 5) is 0. The molecule has 70 valence electrons. The predicted octanol–water partition coefficient (Wildman–Crippen LogP) is -0.0406. The zero-order chi connectivity index (χ0) is 8.23. The molecule has 0 aromatic carbocycles. The van der Waals surface area contributed by atoms with E-state index in [-0.39, 0.29) is 0 Å². The Morgan fingerprint density at radius 3 is 2.08 bits per heavy atom. The van der Waals surface area contributed by atoms with Gasteiger partial charge in [0.25, 0.3) is 0 Å². The Labute approximate surface area is 75.1 Å². The molecule has 12 heavy (non-hydrogen) atoms. The predicted molar refractivity (Wildman–Crippen MR) is 50.0 cm³/mol. The molecule has 2 heterocycles. The first kappa shape index (κ1) is 8.52. The first-order valence-electron chi connectivity index (χ1n) is 5.49. The molecule has 0 bridgehead atoms. The number of quaternary nitrogens is 1. The van der Waals surface area contributed by atoms with Gasteiger partial charge >= 0.3 is 0 Å². The summed E-state index contributed by atoms with van der Waals surface area (Å²) >= 11 is 0. The number of piperidine rings is 2. The minimum atomic E-state index is 1.06.